The highest BCUT2D eigenvalue weighted by atomic mass is 19.1. The first kappa shape index (κ1) is 15.2. The van der Waals surface area contributed by atoms with Crippen molar-refractivity contribution in [1.29, 1.82) is 0 Å². The third kappa shape index (κ3) is 2.24. The molecule has 0 saturated carbocycles. The minimum Gasteiger partial charge on any atom is -0.494 e. The summed E-state index contributed by atoms with van der Waals surface area (Å²) in [6.45, 7) is 2.19. The van der Waals surface area contributed by atoms with Crippen molar-refractivity contribution in [3.8, 4) is 17.3 Å². The van der Waals surface area contributed by atoms with Crippen LogP contribution in [0.5, 0.6) is 11.6 Å². The molecule has 2 aromatic carbocycles. The molecule has 0 aliphatic rings. The molecule has 0 spiro atoms. The lowest BCUT2D eigenvalue weighted by molar-refractivity contribution is 0.338. The molecule has 0 saturated heterocycles. The average Bonchev–Trinajstić information content (AvgIpc) is 2.87. The zero-order valence-corrected chi connectivity index (χ0v) is 13.3. The van der Waals surface area contributed by atoms with Crippen LogP contribution in [0.4, 0.5) is 4.39 Å². The van der Waals surface area contributed by atoms with Crippen LogP contribution >= 0.6 is 0 Å². The number of nitrogens with zero attached hydrogens (tertiary/aromatic N) is 3. The van der Waals surface area contributed by atoms with Gasteiger partial charge in [-0.1, -0.05) is 12.1 Å². The predicted molar refractivity (Wildman–Crippen MR) is 91.1 cm³/mol. The summed E-state index contributed by atoms with van der Waals surface area (Å²) in [6, 6.07) is 11.2. The van der Waals surface area contributed by atoms with Crippen molar-refractivity contribution in [3.63, 3.8) is 0 Å². The third-order valence-electron chi connectivity index (χ3n) is 3.98. The Balaban J connectivity index is 2.03. The van der Waals surface area contributed by atoms with Gasteiger partial charge in [0.2, 0.25) is 5.88 Å². The van der Waals surface area contributed by atoms with Gasteiger partial charge in [-0.2, -0.15) is 0 Å². The van der Waals surface area contributed by atoms with Crippen LogP contribution in [-0.2, 0) is 0 Å². The summed E-state index contributed by atoms with van der Waals surface area (Å²) in [6.07, 6.45) is 1.39. The Kier molecular flexibility index (Phi) is 3.42. The van der Waals surface area contributed by atoms with Crippen LogP contribution < -0.4 is 10.4 Å². The van der Waals surface area contributed by atoms with Gasteiger partial charge in [0.25, 0.3) is 0 Å². The van der Waals surface area contributed by atoms with Crippen LogP contribution in [0.25, 0.3) is 22.2 Å². The Hall–Kier alpha value is -3.35. The molecule has 0 aliphatic carbocycles. The van der Waals surface area contributed by atoms with Crippen LogP contribution in [0.3, 0.4) is 0 Å². The lowest BCUT2D eigenvalue weighted by Gasteiger charge is -2.07. The van der Waals surface area contributed by atoms with Gasteiger partial charge in [0.15, 0.2) is 5.82 Å². The van der Waals surface area contributed by atoms with Crippen LogP contribution in [-0.4, -0.2) is 25.7 Å². The Labute approximate surface area is 141 Å². The molecule has 2 heterocycles. The lowest BCUT2D eigenvalue weighted by Crippen LogP contribution is -2.20. The lowest BCUT2D eigenvalue weighted by atomic mass is 10.3. The number of para-hydroxylation sites is 2. The Morgan fingerprint density at radius 1 is 1.20 bits per heavy atom. The number of rotatable bonds is 3. The van der Waals surface area contributed by atoms with Crippen molar-refractivity contribution in [1.82, 2.24) is 14.0 Å². The molecule has 6 nitrogen and oxygen atoms in total. The Morgan fingerprint density at radius 3 is 2.76 bits per heavy atom. The van der Waals surface area contributed by atoms with Gasteiger partial charge in [-0.15, -0.1) is 0 Å². The molecule has 126 valence electrons. The number of hydrogen-bond donors (Lipinski definition) is 1. The van der Waals surface area contributed by atoms with Crippen molar-refractivity contribution >= 4 is 16.6 Å². The highest BCUT2D eigenvalue weighted by Gasteiger charge is 2.20. The molecular formula is C18H14FN3O3. The molecule has 1 N–H and O–H groups in total. The van der Waals surface area contributed by atoms with Crippen LogP contribution in [0.1, 0.15) is 6.92 Å². The SMILES string of the molecule is CCOc1ccc(-n2c(O)c3cnc4ccccc4n3c2=O)c(F)c1. The smallest absolute Gasteiger partial charge is 0.341 e. The standard InChI is InChI=1S/C18H14FN3O3/c1-2-25-11-7-8-14(12(19)9-11)22-17(23)16-10-20-13-5-3-4-6-15(13)21(16)18(22)24/h3-10,23H,2H2,1H3. The number of fused-ring (bicyclic) bond motifs is 3. The van der Waals surface area contributed by atoms with E-state index in [9.17, 15) is 14.3 Å². The van der Waals surface area contributed by atoms with Gasteiger partial charge in [-0.25, -0.2) is 13.8 Å². The quantitative estimate of drug-likeness (QED) is 0.623. The largest absolute Gasteiger partial charge is 0.494 e. The second kappa shape index (κ2) is 5.62. The first-order chi connectivity index (χ1) is 12.1. The van der Waals surface area contributed by atoms with Crippen molar-refractivity contribution < 1.29 is 14.2 Å². The number of ether oxygens (including phenoxy) is 1. The van der Waals surface area contributed by atoms with E-state index in [1.54, 1.807) is 37.3 Å². The molecule has 0 aliphatic heterocycles. The molecular weight excluding hydrogens is 325 g/mol. The summed E-state index contributed by atoms with van der Waals surface area (Å²) >= 11 is 0. The topological polar surface area (TPSA) is 68.8 Å². The summed E-state index contributed by atoms with van der Waals surface area (Å²) in [5, 5.41) is 10.5. The van der Waals surface area contributed by atoms with Gasteiger partial charge in [-0.05, 0) is 31.2 Å². The molecule has 25 heavy (non-hydrogen) atoms. The second-order valence-corrected chi connectivity index (χ2v) is 5.46. The highest BCUT2D eigenvalue weighted by Crippen LogP contribution is 2.27. The Morgan fingerprint density at radius 2 is 2.00 bits per heavy atom. The van der Waals surface area contributed by atoms with E-state index in [1.807, 2.05) is 0 Å². The highest BCUT2D eigenvalue weighted by molar-refractivity contribution is 5.79. The zero-order valence-electron chi connectivity index (χ0n) is 13.3. The van der Waals surface area contributed by atoms with E-state index in [4.69, 9.17) is 4.74 Å². The van der Waals surface area contributed by atoms with Gasteiger partial charge in [-0.3, -0.25) is 9.38 Å². The van der Waals surface area contributed by atoms with E-state index in [2.05, 4.69) is 4.98 Å². The minimum absolute atomic E-state index is 0.0567. The van der Waals surface area contributed by atoms with E-state index in [0.29, 0.717) is 23.4 Å². The number of benzene rings is 2. The monoisotopic (exact) mass is 339 g/mol. The minimum atomic E-state index is -0.670. The summed E-state index contributed by atoms with van der Waals surface area (Å²) in [5.74, 6) is -0.685. The molecule has 4 rings (SSSR count). The maximum absolute atomic E-state index is 14.5. The number of imidazole rings is 1. The van der Waals surface area contributed by atoms with Gasteiger partial charge in [0.05, 0.1) is 29.5 Å². The average molecular weight is 339 g/mol. The maximum Gasteiger partial charge on any atom is 0.341 e. The normalized spacial score (nSPS) is 11.3. The molecule has 7 heteroatoms. The van der Waals surface area contributed by atoms with E-state index in [0.717, 1.165) is 4.57 Å². The van der Waals surface area contributed by atoms with Crippen molar-refractivity contribution in [2.24, 2.45) is 0 Å². The van der Waals surface area contributed by atoms with Crippen molar-refractivity contribution in [2.45, 2.75) is 6.92 Å². The van der Waals surface area contributed by atoms with Gasteiger partial charge >= 0.3 is 5.69 Å². The first-order valence-electron chi connectivity index (χ1n) is 7.74. The molecule has 0 fully saturated rings. The first-order valence-corrected chi connectivity index (χ1v) is 7.74. The fourth-order valence-electron chi connectivity index (χ4n) is 2.89. The molecule has 0 atom stereocenters. The molecule has 0 unspecified atom stereocenters. The number of aromatic nitrogens is 3. The van der Waals surface area contributed by atoms with Gasteiger partial charge in [0.1, 0.15) is 11.3 Å². The van der Waals surface area contributed by atoms with Crippen LogP contribution in [0, 0.1) is 5.82 Å². The van der Waals surface area contributed by atoms with Crippen molar-refractivity contribution in [2.75, 3.05) is 6.61 Å². The second-order valence-electron chi connectivity index (χ2n) is 5.46. The fourth-order valence-corrected chi connectivity index (χ4v) is 2.89. The predicted octanol–water partition coefficient (Wildman–Crippen LogP) is 2.88. The molecule has 2 aromatic heterocycles. The van der Waals surface area contributed by atoms with Crippen molar-refractivity contribution in [3.05, 3.63) is 65.0 Å². The van der Waals surface area contributed by atoms with E-state index in [1.165, 1.54) is 22.7 Å². The van der Waals surface area contributed by atoms with Crippen LogP contribution in [0.15, 0.2) is 53.5 Å². The summed E-state index contributed by atoms with van der Waals surface area (Å²) in [7, 11) is 0. The zero-order chi connectivity index (χ0) is 17.6. The fraction of sp³-hybridized carbons (Fsp3) is 0.111. The van der Waals surface area contributed by atoms with E-state index >= 15 is 0 Å². The molecule has 0 amide bonds. The number of aromatic hydroxyl groups is 1. The van der Waals surface area contributed by atoms with Gasteiger partial charge in [0, 0.05) is 6.07 Å². The van der Waals surface area contributed by atoms with E-state index < -0.39 is 11.5 Å². The Bertz CT molecular complexity index is 1160. The molecule has 0 bridgehead atoms. The van der Waals surface area contributed by atoms with E-state index in [-0.39, 0.29) is 17.1 Å². The van der Waals surface area contributed by atoms with Gasteiger partial charge < -0.3 is 9.84 Å². The maximum atomic E-state index is 14.5. The third-order valence-corrected chi connectivity index (χ3v) is 3.98. The van der Waals surface area contributed by atoms with Crippen LogP contribution in [0.2, 0.25) is 0 Å². The number of halogens is 1. The summed E-state index contributed by atoms with van der Waals surface area (Å²) in [5.41, 5.74) is 0.705. The summed E-state index contributed by atoms with van der Waals surface area (Å²) < 4.78 is 22.0. The molecule has 0 radical (unpaired) electrons. The molecule has 4 aromatic rings. The number of hydrogen-bond acceptors (Lipinski definition) is 4. The summed E-state index contributed by atoms with van der Waals surface area (Å²) in [4.78, 5) is 17.1.